The fourth-order valence-corrected chi connectivity index (χ4v) is 2.70. The summed E-state index contributed by atoms with van der Waals surface area (Å²) in [5.74, 6) is 0. The second-order valence-corrected chi connectivity index (χ2v) is 8.92. The first-order valence-corrected chi connectivity index (χ1v) is 8.82. The van der Waals surface area contributed by atoms with Crippen LogP contribution in [0.15, 0.2) is 34.8 Å². The van der Waals surface area contributed by atoms with E-state index in [1.807, 2.05) is 30.3 Å². The Hall–Kier alpha value is -1.34. The first-order valence-electron chi connectivity index (χ1n) is 4.18. The van der Waals surface area contributed by atoms with Gasteiger partial charge < -0.3 is 0 Å². The van der Waals surface area contributed by atoms with Gasteiger partial charge in [0.1, 0.15) is 0 Å². The summed E-state index contributed by atoms with van der Waals surface area (Å²) in [6, 6.07) is 9.23. The molecule has 0 atom stereocenters. The van der Waals surface area contributed by atoms with Crippen molar-refractivity contribution in [2.75, 3.05) is 0 Å². The molecule has 0 spiro atoms. The van der Waals surface area contributed by atoms with Crippen LogP contribution in [0, 0.1) is 0 Å². The quantitative estimate of drug-likeness (QED) is 0.607. The molecule has 0 unspecified atom stereocenters. The van der Waals surface area contributed by atoms with Crippen LogP contribution in [0.25, 0.3) is 6.08 Å². The second kappa shape index (κ2) is 5.52. The monoisotopic (exact) mass is 288 g/mol. The molecule has 0 aliphatic carbocycles. The van der Waals surface area contributed by atoms with Gasteiger partial charge in [-0.25, -0.2) is 0 Å². The number of rotatable bonds is 5. The van der Waals surface area contributed by atoms with Crippen LogP contribution in [0.3, 0.4) is 0 Å². The number of benzene rings is 1. The Morgan fingerprint density at radius 2 is 1.40 bits per heavy atom. The standard InChI is InChI=1S/C8H7.3CHO.Mo/c1-2-8-6-4-3-5-7-8;3*1-2;/h1-7H;3*1H;. The Morgan fingerprint density at radius 3 is 1.87 bits per heavy atom. The zero-order valence-electron chi connectivity index (χ0n) is 7.91. The zero-order valence-corrected chi connectivity index (χ0v) is 9.91. The van der Waals surface area contributed by atoms with E-state index in [0.717, 1.165) is 5.56 Å². The predicted molar refractivity (Wildman–Crippen MR) is 55.7 cm³/mol. The third-order valence-corrected chi connectivity index (χ3v) is 5.75. The van der Waals surface area contributed by atoms with Crippen LogP contribution in [0.2, 0.25) is 0 Å². The molecule has 15 heavy (non-hydrogen) atoms. The average molecular weight is 286 g/mol. The molecule has 0 aromatic heterocycles. The summed E-state index contributed by atoms with van der Waals surface area (Å²) >= 11 is -3.67. The van der Waals surface area contributed by atoms with Gasteiger partial charge >= 0.3 is 90.9 Å². The molecule has 0 saturated carbocycles. The number of carbonyl (C=O) groups is 3. The third-order valence-electron chi connectivity index (χ3n) is 1.80. The van der Waals surface area contributed by atoms with Gasteiger partial charge in [-0.15, -0.1) is 0 Å². The van der Waals surface area contributed by atoms with Crippen molar-refractivity contribution < 1.29 is 30.4 Å². The summed E-state index contributed by atoms with van der Waals surface area (Å²) in [6.45, 7) is 0. The molecule has 0 heterocycles. The molecule has 1 aromatic rings. The van der Waals surface area contributed by atoms with Gasteiger partial charge in [-0.2, -0.15) is 0 Å². The van der Waals surface area contributed by atoms with Gasteiger partial charge in [0.15, 0.2) is 0 Å². The van der Waals surface area contributed by atoms with Gasteiger partial charge in [0.2, 0.25) is 0 Å². The van der Waals surface area contributed by atoms with Crippen LogP contribution in [-0.2, 0) is 30.4 Å². The molecule has 3 nitrogen and oxygen atoms in total. The van der Waals surface area contributed by atoms with Crippen molar-refractivity contribution in [2.45, 2.75) is 0 Å². The van der Waals surface area contributed by atoms with Crippen LogP contribution in [0.1, 0.15) is 5.56 Å². The Labute approximate surface area is 91.0 Å². The van der Waals surface area contributed by atoms with E-state index in [9.17, 15) is 14.4 Å². The van der Waals surface area contributed by atoms with Crippen LogP contribution in [-0.4, -0.2) is 14.0 Å². The van der Waals surface area contributed by atoms with E-state index < -0.39 is 16.1 Å². The third kappa shape index (κ3) is 3.07. The van der Waals surface area contributed by atoms with E-state index in [-0.39, 0.29) is 0 Å². The molecule has 0 aliphatic rings. The van der Waals surface area contributed by atoms with Gasteiger partial charge in [-0.3, -0.25) is 0 Å². The molecule has 0 aliphatic heterocycles. The van der Waals surface area contributed by atoms with Crippen molar-refractivity contribution in [1.82, 2.24) is 0 Å². The zero-order chi connectivity index (χ0) is 11.1. The van der Waals surface area contributed by atoms with E-state index in [1.54, 1.807) is 6.08 Å². The fourth-order valence-electron chi connectivity index (χ4n) is 0.925. The summed E-state index contributed by atoms with van der Waals surface area (Å²) in [6.07, 6.45) is 1.65. The fraction of sp³-hybridized carbons (Fsp3) is 0. The van der Waals surface area contributed by atoms with Crippen LogP contribution < -0.4 is 0 Å². The van der Waals surface area contributed by atoms with E-state index in [1.165, 1.54) is 4.47 Å². The van der Waals surface area contributed by atoms with Crippen molar-refractivity contribution in [2.24, 2.45) is 0 Å². The van der Waals surface area contributed by atoms with E-state index in [4.69, 9.17) is 0 Å². The first kappa shape index (κ1) is 11.7. The maximum absolute atomic E-state index is 10.7. The van der Waals surface area contributed by atoms with Gasteiger partial charge in [-0.05, 0) is 0 Å². The molecule has 0 radical (unpaired) electrons. The molecule has 0 amide bonds. The molecular formula is C11H10MoO3. The SMILES string of the molecule is O=[CH][Mo]([CH]=O)([CH]=O)[CH]=Cc1ccccc1. The Bertz CT molecular complexity index is 362. The predicted octanol–water partition coefficient (Wildman–Crippen LogP) is 1.38. The van der Waals surface area contributed by atoms with Crippen molar-refractivity contribution in [3.8, 4) is 0 Å². The minimum atomic E-state index is -3.67. The molecule has 0 bridgehead atoms. The van der Waals surface area contributed by atoms with E-state index >= 15 is 0 Å². The molecule has 4 heteroatoms. The Balaban J connectivity index is 2.93. The molecule has 0 saturated heterocycles. The molecule has 0 N–H and O–H groups in total. The Morgan fingerprint density at radius 1 is 0.867 bits per heavy atom. The van der Waals surface area contributed by atoms with Gasteiger partial charge in [0.05, 0.1) is 0 Å². The number of hydrogen-bond donors (Lipinski definition) is 0. The average Bonchev–Trinajstić information content (AvgIpc) is 2.33. The summed E-state index contributed by atoms with van der Waals surface area (Å²) in [7, 11) is 0. The molecule has 0 fully saturated rings. The van der Waals surface area contributed by atoms with Gasteiger partial charge in [0.25, 0.3) is 0 Å². The van der Waals surface area contributed by atoms with E-state index in [2.05, 4.69) is 0 Å². The number of hydrogen-bond acceptors (Lipinski definition) is 3. The maximum atomic E-state index is 10.7. The summed E-state index contributed by atoms with van der Waals surface area (Å²) in [5.41, 5.74) is 0.874. The minimum absolute atomic E-state index is 0.516. The van der Waals surface area contributed by atoms with Gasteiger partial charge in [0, 0.05) is 0 Å². The van der Waals surface area contributed by atoms with Crippen molar-refractivity contribution in [3.63, 3.8) is 0 Å². The normalized spacial score (nSPS) is 12.3. The number of carbonyl (C=O) groups excluding carboxylic acids is 3. The van der Waals surface area contributed by atoms with Crippen molar-refractivity contribution in [1.29, 1.82) is 0 Å². The van der Waals surface area contributed by atoms with Gasteiger partial charge in [-0.1, -0.05) is 0 Å². The van der Waals surface area contributed by atoms with Crippen LogP contribution >= 0.6 is 0 Å². The van der Waals surface area contributed by atoms with E-state index in [0.29, 0.717) is 14.0 Å². The molecule has 1 rings (SSSR count). The summed E-state index contributed by atoms with van der Waals surface area (Å²) in [4.78, 5) is 32.0. The van der Waals surface area contributed by atoms with Crippen molar-refractivity contribution in [3.05, 3.63) is 40.4 Å². The van der Waals surface area contributed by atoms with Crippen molar-refractivity contribution >= 4 is 20.1 Å². The summed E-state index contributed by atoms with van der Waals surface area (Å²) < 4.78 is 3.02. The molecule has 78 valence electrons. The topological polar surface area (TPSA) is 51.2 Å². The van der Waals surface area contributed by atoms with Crippen LogP contribution in [0.5, 0.6) is 0 Å². The Kier molecular flexibility index (Phi) is 4.32. The first-order chi connectivity index (χ1) is 7.26. The van der Waals surface area contributed by atoms with Crippen LogP contribution in [0.4, 0.5) is 0 Å². The summed E-state index contributed by atoms with van der Waals surface area (Å²) in [5, 5.41) is 0. The molecular weight excluding hydrogens is 276 g/mol. The second-order valence-electron chi connectivity index (χ2n) is 2.82. The molecule has 1 aromatic carbocycles.